The molecule has 1 aromatic carbocycles. The van der Waals surface area contributed by atoms with Crippen molar-refractivity contribution in [2.24, 2.45) is 11.8 Å². The Labute approximate surface area is 124 Å². The smallest absolute Gasteiger partial charge is 0.307 e. The molecule has 1 aromatic rings. The summed E-state index contributed by atoms with van der Waals surface area (Å²) in [6.07, 6.45) is 2.65. The molecule has 1 saturated carbocycles. The Morgan fingerprint density at radius 3 is 2.55 bits per heavy atom. The van der Waals surface area contributed by atoms with Gasteiger partial charge in [-0.1, -0.05) is 28.8 Å². The molecule has 0 heterocycles. The van der Waals surface area contributed by atoms with Crippen molar-refractivity contribution < 1.29 is 19.1 Å². The summed E-state index contributed by atoms with van der Waals surface area (Å²) < 4.78 is 14.2. The molecule has 0 radical (unpaired) electrons. The van der Waals surface area contributed by atoms with Gasteiger partial charge in [-0.15, -0.1) is 0 Å². The quantitative estimate of drug-likeness (QED) is 0.883. The average molecular weight is 344 g/mol. The Morgan fingerprint density at radius 1 is 1.25 bits per heavy atom. The molecule has 1 aliphatic rings. The van der Waals surface area contributed by atoms with E-state index in [4.69, 9.17) is 5.11 Å². The summed E-state index contributed by atoms with van der Waals surface area (Å²) in [5, 5.41) is 11.7. The Kier molecular flexibility index (Phi) is 4.75. The average Bonchev–Trinajstić information content (AvgIpc) is 2.42. The van der Waals surface area contributed by atoms with Gasteiger partial charge in [0.15, 0.2) is 0 Å². The molecule has 2 N–H and O–H groups in total. The van der Waals surface area contributed by atoms with Gasteiger partial charge in [0.25, 0.3) is 0 Å². The number of hydrogen-bond donors (Lipinski definition) is 2. The van der Waals surface area contributed by atoms with Crippen LogP contribution in [0.15, 0.2) is 22.7 Å². The first-order valence-corrected chi connectivity index (χ1v) is 7.27. The fraction of sp³-hybridized carbons (Fsp3) is 0.429. The van der Waals surface area contributed by atoms with Crippen molar-refractivity contribution >= 4 is 33.5 Å². The van der Waals surface area contributed by atoms with Crippen molar-refractivity contribution in [3.8, 4) is 0 Å². The topological polar surface area (TPSA) is 66.4 Å². The predicted octanol–water partition coefficient (Wildman–Crippen LogP) is 3.42. The van der Waals surface area contributed by atoms with E-state index in [9.17, 15) is 14.0 Å². The number of carbonyl (C=O) groups is 2. The molecular formula is C14H15BrFNO3. The molecule has 0 aromatic heterocycles. The van der Waals surface area contributed by atoms with E-state index in [1.54, 1.807) is 0 Å². The number of carboxylic acid groups (broad SMARTS) is 1. The first-order chi connectivity index (χ1) is 9.49. The molecule has 108 valence electrons. The highest BCUT2D eigenvalue weighted by molar-refractivity contribution is 9.10. The number of rotatable bonds is 3. The molecule has 4 nitrogen and oxygen atoms in total. The summed E-state index contributed by atoms with van der Waals surface area (Å²) in [5.74, 6) is -3.20. The van der Waals surface area contributed by atoms with E-state index in [2.05, 4.69) is 21.2 Å². The standard InChI is InChI=1S/C14H15BrFNO3/c15-8-5-6-11(16)12(7-8)17-13(18)9-3-1-2-4-10(9)14(19)20/h5-7,9-10H,1-4H2,(H,17,18)(H,19,20). The number of hydrogen-bond acceptors (Lipinski definition) is 2. The van der Waals surface area contributed by atoms with Gasteiger partial charge in [0.05, 0.1) is 17.5 Å². The van der Waals surface area contributed by atoms with E-state index in [-0.39, 0.29) is 5.69 Å². The Bertz CT molecular complexity index is 535. The largest absolute Gasteiger partial charge is 0.481 e. The number of carboxylic acids is 1. The Morgan fingerprint density at radius 2 is 1.90 bits per heavy atom. The van der Waals surface area contributed by atoms with Gasteiger partial charge in [-0.2, -0.15) is 0 Å². The van der Waals surface area contributed by atoms with E-state index in [1.807, 2.05) is 0 Å². The Balaban J connectivity index is 2.14. The van der Waals surface area contributed by atoms with Crippen LogP contribution in [0.3, 0.4) is 0 Å². The normalized spacial score (nSPS) is 22.3. The molecule has 1 aliphatic carbocycles. The molecular weight excluding hydrogens is 329 g/mol. The highest BCUT2D eigenvalue weighted by Crippen LogP contribution is 2.31. The second-order valence-corrected chi connectivity index (χ2v) is 5.86. The summed E-state index contributed by atoms with van der Waals surface area (Å²) in [4.78, 5) is 23.4. The zero-order valence-electron chi connectivity index (χ0n) is 10.7. The molecule has 0 bridgehead atoms. The fourth-order valence-corrected chi connectivity index (χ4v) is 2.92. The first kappa shape index (κ1) is 15.0. The molecule has 2 atom stereocenters. The molecule has 1 fully saturated rings. The summed E-state index contributed by atoms with van der Waals surface area (Å²) in [6, 6.07) is 4.24. The molecule has 1 amide bonds. The molecule has 0 saturated heterocycles. The molecule has 2 rings (SSSR count). The summed E-state index contributed by atoms with van der Waals surface area (Å²) >= 11 is 3.21. The van der Waals surface area contributed by atoms with Gasteiger partial charge < -0.3 is 10.4 Å². The lowest BCUT2D eigenvalue weighted by atomic mass is 9.78. The van der Waals surface area contributed by atoms with Crippen LogP contribution in [-0.4, -0.2) is 17.0 Å². The van der Waals surface area contributed by atoms with E-state index in [0.717, 1.165) is 12.8 Å². The minimum atomic E-state index is -0.959. The van der Waals surface area contributed by atoms with Crippen molar-refractivity contribution in [2.45, 2.75) is 25.7 Å². The lowest BCUT2D eigenvalue weighted by Crippen LogP contribution is -2.36. The van der Waals surface area contributed by atoms with E-state index < -0.39 is 29.5 Å². The van der Waals surface area contributed by atoms with E-state index >= 15 is 0 Å². The minimum Gasteiger partial charge on any atom is -0.481 e. The SMILES string of the molecule is O=C(O)C1CCCCC1C(=O)Nc1cc(Br)ccc1F. The van der Waals surface area contributed by atoms with Crippen LogP contribution in [0.25, 0.3) is 0 Å². The zero-order chi connectivity index (χ0) is 14.7. The minimum absolute atomic E-state index is 0.0686. The van der Waals surface area contributed by atoms with Crippen molar-refractivity contribution in [1.82, 2.24) is 0 Å². The van der Waals surface area contributed by atoms with E-state index in [0.29, 0.717) is 17.3 Å². The van der Waals surface area contributed by atoms with Crippen LogP contribution >= 0.6 is 15.9 Å². The third kappa shape index (κ3) is 3.36. The van der Waals surface area contributed by atoms with Crippen LogP contribution in [0.4, 0.5) is 10.1 Å². The number of carbonyl (C=O) groups excluding carboxylic acids is 1. The van der Waals surface area contributed by atoms with Crippen LogP contribution in [0.5, 0.6) is 0 Å². The second kappa shape index (κ2) is 6.35. The van der Waals surface area contributed by atoms with Crippen LogP contribution in [-0.2, 0) is 9.59 Å². The Hall–Kier alpha value is -1.43. The van der Waals surface area contributed by atoms with Gasteiger partial charge in [-0.05, 0) is 31.0 Å². The summed E-state index contributed by atoms with van der Waals surface area (Å²) in [6.45, 7) is 0. The molecule has 0 spiro atoms. The monoisotopic (exact) mass is 343 g/mol. The number of halogens is 2. The number of benzene rings is 1. The van der Waals surface area contributed by atoms with Gasteiger partial charge in [0, 0.05) is 4.47 Å². The number of nitrogens with one attached hydrogen (secondary N) is 1. The first-order valence-electron chi connectivity index (χ1n) is 6.48. The zero-order valence-corrected chi connectivity index (χ0v) is 12.3. The number of aliphatic carboxylic acids is 1. The molecule has 2 unspecified atom stereocenters. The van der Waals surface area contributed by atoms with Crippen LogP contribution in [0.1, 0.15) is 25.7 Å². The lowest BCUT2D eigenvalue weighted by Gasteiger charge is -2.27. The predicted molar refractivity (Wildman–Crippen MR) is 75.8 cm³/mol. The van der Waals surface area contributed by atoms with Gasteiger partial charge in [0.1, 0.15) is 5.82 Å². The third-order valence-electron chi connectivity index (χ3n) is 3.61. The van der Waals surface area contributed by atoms with Crippen molar-refractivity contribution in [2.75, 3.05) is 5.32 Å². The van der Waals surface area contributed by atoms with Gasteiger partial charge in [0.2, 0.25) is 5.91 Å². The lowest BCUT2D eigenvalue weighted by molar-refractivity contribution is -0.147. The maximum atomic E-state index is 13.6. The third-order valence-corrected chi connectivity index (χ3v) is 4.10. The highest BCUT2D eigenvalue weighted by Gasteiger charge is 2.35. The second-order valence-electron chi connectivity index (χ2n) is 4.95. The van der Waals surface area contributed by atoms with Gasteiger partial charge in [-0.3, -0.25) is 9.59 Å². The number of anilines is 1. The molecule has 20 heavy (non-hydrogen) atoms. The van der Waals surface area contributed by atoms with Gasteiger partial charge >= 0.3 is 5.97 Å². The van der Waals surface area contributed by atoms with Crippen LogP contribution < -0.4 is 5.32 Å². The van der Waals surface area contributed by atoms with Crippen LogP contribution in [0, 0.1) is 17.7 Å². The summed E-state index contributed by atoms with van der Waals surface area (Å²) in [5.41, 5.74) is 0.0686. The maximum Gasteiger partial charge on any atom is 0.307 e. The molecule has 6 heteroatoms. The molecule has 0 aliphatic heterocycles. The van der Waals surface area contributed by atoms with Crippen molar-refractivity contribution in [3.05, 3.63) is 28.5 Å². The fourth-order valence-electron chi connectivity index (χ4n) is 2.56. The van der Waals surface area contributed by atoms with Crippen molar-refractivity contribution in [3.63, 3.8) is 0 Å². The summed E-state index contributed by atoms with van der Waals surface area (Å²) in [7, 11) is 0. The highest BCUT2D eigenvalue weighted by atomic mass is 79.9. The van der Waals surface area contributed by atoms with Crippen molar-refractivity contribution in [1.29, 1.82) is 0 Å². The van der Waals surface area contributed by atoms with Gasteiger partial charge in [-0.25, -0.2) is 4.39 Å². The number of amides is 1. The maximum absolute atomic E-state index is 13.6. The van der Waals surface area contributed by atoms with Crippen LogP contribution in [0.2, 0.25) is 0 Å². The van der Waals surface area contributed by atoms with E-state index in [1.165, 1.54) is 18.2 Å².